The number of carbonyl (C=O) groups excluding carboxylic acids is 1. The van der Waals surface area contributed by atoms with Crippen LogP contribution in [-0.4, -0.2) is 88.8 Å². The van der Waals surface area contributed by atoms with Gasteiger partial charge >= 0.3 is 0 Å². The van der Waals surface area contributed by atoms with Gasteiger partial charge in [0, 0.05) is 75.9 Å². The number of fused-ring (bicyclic) bond motifs is 2. The normalized spacial score (nSPS) is 15.6. The van der Waals surface area contributed by atoms with Gasteiger partial charge in [-0.25, -0.2) is 14.4 Å². The van der Waals surface area contributed by atoms with Crippen LogP contribution in [0.1, 0.15) is 60.8 Å². The van der Waals surface area contributed by atoms with Crippen molar-refractivity contribution in [3.63, 3.8) is 0 Å². The quantitative estimate of drug-likeness (QED) is 0.210. The van der Waals surface area contributed by atoms with Crippen LogP contribution in [0.3, 0.4) is 0 Å². The fraction of sp³-hybridized carbons (Fsp3) is 0.459. The molecular formula is C37H45FN8O2. The number of anilines is 3. The van der Waals surface area contributed by atoms with Crippen LogP contribution < -0.4 is 9.80 Å². The van der Waals surface area contributed by atoms with Crippen molar-refractivity contribution in [1.29, 1.82) is 5.26 Å². The van der Waals surface area contributed by atoms with Crippen LogP contribution in [-0.2, 0) is 17.8 Å². The molecule has 1 fully saturated rings. The topological polar surface area (TPSA) is 93.8 Å². The molecule has 4 heterocycles. The lowest BCUT2D eigenvalue weighted by Gasteiger charge is -2.44. The Morgan fingerprint density at radius 2 is 1.92 bits per heavy atom. The first-order chi connectivity index (χ1) is 23.2. The lowest BCUT2D eigenvalue weighted by molar-refractivity contribution is 0.0717. The smallest absolute Gasteiger partial charge is 0.256 e. The molecule has 48 heavy (non-hydrogen) atoms. The van der Waals surface area contributed by atoms with Crippen LogP contribution in [0.5, 0.6) is 0 Å². The highest BCUT2D eigenvalue weighted by molar-refractivity contribution is 6.01. The second-order valence-electron chi connectivity index (χ2n) is 13.0. The Morgan fingerprint density at radius 3 is 2.62 bits per heavy atom. The third-order valence-corrected chi connectivity index (χ3v) is 10.00. The molecule has 0 unspecified atom stereocenters. The first-order valence-electron chi connectivity index (χ1n) is 16.9. The van der Waals surface area contributed by atoms with Gasteiger partial charge in [0.15, 0.2) is 5.82 Å². The molecule has 0 bridgehead atoms. The number of benzene rings is 2. The van der Waals surface area contributed by atoms with Gasteiger partial charge in [-0.3, -0.25) is 9.69 Å². The number of halogens is 1. The Bertz CT molecular complexity index is 1820. The summed E-state index contributed by atoms with van der Waals surface area (Å²) >= 11 is 0. The Kier molecular flexibility index (Phi) is 9.94. The van der Waals surface area contributed by atoms with Crippen LogP contribution >= 0.6 is 0 Å². The second-order valence-corrected chi connectivity index (χ2v) is 13.0. The predicted octanol–water partition coefficient (Wildman–Crippen LogP) is 5.89. The number of piperidine rings is 1. The van der Waals surface area contributed by atoms with E-state index in [1.165, 1.54) is 23.3 Å². The Hall–Kier alpha value is -4.53. The molecule has 2 aliphatic rings. The largest absolute Gasteiger partial charge is 0.383 e. The van der Waals surface area contributed by atoms with Crippen molar-refractivity contribution in [2.45, 2.75) is 65.7 Å². The summed E-state index contributed by atoms with van der Waals surface area (Å²) in [5.41, 5.74) is 6.09. The van der Waals surface area contributed by atoms with Crippen molar-refractivity contribution in [3.8, 4) is 6.07 Å². The van der Waals surface area contributed by atoms with Gasteiger partial charge in [0.05, 0.1) is 24.1 Å². The van der Waals surface area contributed by atoms with E-state index in [0.29, 0.717) is 49.2 Å². The molecule has 2 aromatic heterocycles. The fourth-order valence-electron chi connectivity index (χ4n) is 7.42. The van der Waals surface area contributed by atoms with Crippen molar-refractivity contribution in [3.05, 3.63) is 77.1 Å². The third kappa shape index (κ3) is 6.34. The van der Waals surface area contributed by atoms with Crippen molar-refractivity contribution in [2.75, 3.05) is 56.2 Å². The fourth-order valence-corrected chi connectivity index (χ4v) is 7.42. The number of likely N-dealkylation sites (tertiary alicyclic amines) is 1. The van der Waals surface area contributed by atoms with Crippen molar-refractivity contribution < 1.29 is 13.9 Å². The molecule has 2 aromatic carbocycles. The molecule has 2 aliphatic heterocycles. The van der Waals surface area contributed by atoms with Gasteiger partial charge in [-0.2, -0.15) is 5.26 Å². The number of ether oxygens (including phenoxy) is 1. The number of nitrogens with zero attached hydrogens (tertiary/aromatic N) is 8. The van der Waals surface area contributed by atoms with Crippen LogP contribution in [0.4, 0.5) is 21.6 Å². The molecule has 252 valence electrons. The number of hydrogen-bond acceptors (Lipinski definition) is 8. The van der Waals surface area contributed by atoms with Crippen molar-refractivity contribution in [2.24, 2.45) is 0 Å². The summed E-state index contributed by atoms with van der Waals surface area (Å²) in [6, 6.07) is 13.5. The maximum Gasteiger partial charge on any atom is 0.256 e. The molecule has 10 nitrogen and oxygen atoms in total. The van der Waals surface area contributed by atoms with E-state index in [0.717, 1.165) is 61.4 Å². The molecule has 0 N–H and O–H groups in total. The molecule has 0 atom stereocenters. The number of aromatic nitrogens is 3. The van der Waals surface area contributed by atoms with E-state index in [1.807, 2.05) is 31.4 Å². The highest BCUT2D eigenvalue weighted by Gasteiger charge is 2.34. The van der Waals surface area contributed by atoms with Gasteiger partial charge in [0.2, 0.25) is 0 Å². The summed E-state index contributed by atoms with van der Waals surface area (Å²) in [6.07, 6.45) is 5.38. The van der Waals surface area contributed by atoms with Gasteiger partial charge in [-0.1, -0.05) is 6.07 Å². The molecule has 1 amide bonds. The minimum Gasteiger partial charge on any atom is -0.383 e. The lowest BCUT2D eigenvalue weighted by Crippen LogP contribution is -2.50. The third-order valence-electron chi connectivity index (χ3n) is 10.00. The Labute approximate surface area is 282 Å². The van der Waals surface area contributed by atoms with Gasteiger partial charge in [-0.15, -0.1) is 0 Å². The maximum atomic E-state index is 14.5. The second kappa shape index (κ2) is 14.3. The zero-order chi connectivity index (χ0) is 33.9. The molecule has 6 rings (SSSR count). The first kappa shape index (κ1) is 33.4. The van der Waals surface area contributed by atoms with Gasteiger partial charge in [0.25, 0.3) is 5.91 Å². The summed E-state index contributed by atoms with van der Waals surface area (Å²) < 4.78 is 21.9. The number of rotatable bonds is 10. The summed E-state index contributed by atoms with van der Waals surface area (Å²) in [5.74, 6) is 0.235. The summed E-state index contributed by atoms with van der Waals surface area (Å²) in [7, 11) is 1.68. The van der Waals surface area contributed by atoms with Crippen LogP contribution in [0.2, 0.25) is 0 Å². The molecule has 0 spiro atoms. The molecular weight excluding hydrogens is 607 g/mol. The van der Waals surface area contributed by atoms with Gasteiger partial charge in [-0.05, 0) is 82.0 Å². The highest BCUT2D eigenvalue weighted by atomic mass is 19.1. The number of aryl methyl sites for hydroxylation is 1. The minimum atomic E-state index is -0.431. The first-order valence-corrected chi connectivity index (χ1v) is 16.9. The standard InChI is InChI=1S/C37H45FN8O2/c1-6-43(25(2)3)37(47)32-19-28(38)8-10-34(32)46-16-15-45(36-35(46)22-40-24-41-36)29-11-13-42(14-12-29)23-27-7-9-33-31(26(27)4)20-30(21-39)44(33)17-18-48-5/h7-10,19-20,22,24-25,29H,6,11-18,23H2,1-5H3. The molecule has 1 saturated heterocycles. The van der Waals surface area contributed by atoms with E-state index in [-0.39, 0.29) is 11.9 Å². The maximum absolute atomic E-state index is 14.5. The number of amides is 1. The number of carbonyl (C=O) groups is 1. The van der Waals surface area contributed by atoms with E-state index in [9.17, 15) is 14.4 Å². The Morgan fingerprint density at radius 1 is 1.12 bits per heavy atom. The van der Waals surface area contributed by atoms with Crippen LogP contribution in [0.15, 0.2) is 48.9 Å². The zero-order valence-electron chi connectivity index (χ0n) is 28.6. The molecule has 0 aliphatic carbocycles. The minimum absolute atomic E-state index is 0.00623. The Balaban J connectivity index is 1.18. The number of nitriles is 1. The van der Waals surface area contributed by atoms with Gasteiger partial charge < -0.3 is 24.0 Å². The number of methoxy groups -OCH3 is 1. The summed E-state index contributed by atoms with van der Waals surface area (Å²) in [5, 5.41) is 10.9. The summed E-state index contributed by atoms with van der Waals surface area (Å²) in [6.45, 7) is 13.9. The monoisotopic (exact) mass is 652 g/mol. The van der Waals surface area contributed by atoms with Crippen molar-refractivity contribution >= 4 is 34.0 Å². The van der Waals surface area contributed by atoms with E-state index in [4.69, 9.17) is 9.72 Å². The molecule has 11 heteroatoms. The summed E-state index contributed by atoms with van der Waals surface area (Å²) in [4.78, 5) is 31.5. The van der Waals surface area contributed by atoms with E-state index >= 15 is 0 Å². The molecule has 0 radical (unpaired) electrons. The van der Waals surface area contributed by atoms with Crippen molar-refractivity contribution in [1.82, 2.24) is 24.3 Å². The van der Waals surface area contributed by atoms with E-state index < -0.39 is 5.82 Å². The lowest BCUT2D eigenvalue weighted by atomic mass is 9.99. The highest BCUT2D eigenvalue weighted by Crippen LogP contribution is 2.40. The zero-order valence-corrected chi connectivity index (χ0v) is 28.6. The molecule has 0 saturated carbocycles. The van der Waals surface area contributed by atoms with E-state index in [2.05, 4.69) is 44.8 Å². The average molecular weight is 653 g/mol. The predicted molar refractivity (Wildman–Crippen MR) is 186 cm³/mol. The van der Waals surface area contributed by atoms with Crippen LogP contribution in [0.25, 0.3) is 10.9 Å². The van der Waals surface area contributed by atoms with Crippen LogP contribution in [0, 0.1) is 24.1 Å². The SMILES string of the molecule is CCN(C(=O)c1cc(F)ccc1N1CCN(C2CCN(Cc3ccc4c(cc(C#N)n4CCOC)c3C)CC2)c2ncncc21)C(C)C. The number of hydrogen-bond donors (Lipinski definition) is 0. The molecule has 4 aromatic rings. The average Bonchev–Trinajstić information content (AvgIpc) is 3.47. The van der Waals surface area contributed by atoms with Gasteiger partial charge in [0.1, 0.15) is 29.6 Å². The van der Waals surface area contributed by atoms with E-state index in [1.54, 1.807) is 30.6 Å².